The van der Waals surface area contributed by atoms with E-state index in [9.17, 15) is 14.7 Å². The molecule has 4 rings (SSSR count). The SMILES string of the molecule is CCOc1ccc(/C(O)=C2/C(=O)C(=O)N(c3cc(C)cc(C)c3)C2c2ccc(C)o2)c(OCC)c1. The number of furan rings is 1. The molecule has 0 saturated carbocycles. The van der Waals surface area contributed by atoms with Crippen LogP contribution in [0.25, 0.3) is 5.76 Å². The van der Waals surface area contributed by atoms with Gasteiger partial charge in [0.05, 0.1) is 24.4 Å². The van der Waals surface area contributed by atoms with Crippen LogP contribution in [-0.2, 0) is 9.59 Å². The van der Waals surface area contributed by atoms with Gasteiger partial charge in [0.15, 0.2) is 0 Å². The largest absolute Gasteiger partial charge is 0.507 e. The molecular weight excluding hydrogens is 446 g/mol. The molecule has 3 aromatic rings. The van der Waals surface area contributed by atoms with Gasteiger partial charge in [0.25, 0.3) is 11.7 Å². The van der Waals surface area contributed by atoms with Gasteiger partial charge in [-0.15, -0.1) is 0 Å². The highest BCUT2D eigenvalue weighted by atomic mass is 16.5. The minimum absolute atomic E-state index is 0.0615. The van der Waals surface area contributed by atoms with E-state index in [4.69, 9.17) is 13.9 Å². The predicted molar refractivity (Wildman–Crippen MR) is 133 cm³/mol. The lowest BCUT2D eigenvalue weighted by Gasteiger charge is -2.24. The summed E-state index contributed by atoms with van der Waals surface area (Å²) in [6, 6.07) is 13.2. The van der Waals surface area contributed by atoms with Crippen LogP contribution in [0.1, 0.15) is 48.1 Å². The molecule has 1 fully saturated rings. The fourth-order valence-corrected chi connectivity index (χ4v) is 4.43. The van der Waals surface area contributed by atoms with Crippen LogP contribution in [-0.4, -0.2) is 30.0 Å². The van der Waals surface area contributed by atoms with Gasteiger partial charge in [0.1, 0.15) is 34.8 Å². The third-order valence-electron chi connectivity index (χ3n) is 5.78. The Bertz CT molecular complexity index is 1300. The number of benzene rings is 2. The second-order valence-corrected chi connectivity index (χ2v) is 8.49. The minimum Gasteiger partial charge on any atom is -0.507 e. The molecule has 1 aromatic heterocycles. The second-order valence-electron chi connectivity index (χ2n) is 8.49. The molecule has 182 valence electrons. The van der Waals surface area contributed by atoms with E-state index >= 15 is 0 Å². The number of rotatable bonds is 7. The summed E-state index contributed by atoms with van der Waals surface area (Å²) < 4.78 is 17.2. The summed E-state index contributed by atoms with van der Waals surface area (Å²) in [7, 11) is 0. The van der Waals surface area contributed by atoms with Crippen molar-refractivity contribution in [3.8, 4) is 11.5 Å². The summed E-state index contributed by atoms with van der Waals surface area (Å²) in [5.74, 6) is 0.0648. The Labute approximate surface area is 204 Å². The molecule has 1 N–H and O–H groups in total. The fourth-order valence-electron chi connectivity index (χ4n) is 4.43. The quantitative estimate of drug-likeness (QED) is 0.271. The van der Waals surface area contributed by atoms with Crippen LogP contribution in [0, 0.1) is 20.8 Å². The van der Waals surface area contributed by atoms with Crippen LogP contribution in [0.5, 0.6) is 11.5 Å². The average molecular weight is 476 g/mol. The lowest BCUT2D eigenvalue weighted by Crippen LogP contribution is -2.29. The van der Waals surface area contributed by atoms with Crippen LogP contribution in [0.3, 0.4) is 0 Å². The first kappa shape index (κ1) is 24.1. The Hall–Kier alpha value is -4.00. The number of carbonyl (C=O) groups excluding carboxylic acids is 2. The number of aliphatic hydroxyl groups excluding tert-OH is 1. The van der Waals surface area contributed by atoms with Crippen LogP contribution >= 0.6 is 0 Å². The zero-order valence-corrected chi connectivity index (χ0v) is 20.5. The fraction of sp³-hybridized carbons (Fsp3) is 0.286. The van der Waals surface area contributed by atoms with Crippen molar-refractivity contribution in [2.75, 3.05) is 18.1 Å². The van der Waals surface area contributed by atoms with E-state index in [-0.39, 0.29) is 11.3 Å². The van der Waals surface area contributed by atoms with Gasteiger partial charge in [-0.3, -0.25) is 14.5 Å². The van der Waals surface area contributed by atoms with Crippen molar-refractivity contribution in [3.05, 3.63) is 82.3 Å². The van der Waals surface area contributed by atoms with Crippen molar-refractivity contribution in [1.82, 2.24) is 0 Å². The number of aryl methyl sites for hydroxylation is 3. The topological polar surface area (TPSA) is 89.2 Å². The van der Waals surface area contributed by atoms with Gasteiger partial charge in [-0.05, 0) is 82.1 Å². The lowest BCUT2D eigenvalue weighted by atomic mass is 9.98. The summed E-state index contributed by atoms with van der Waals surface area (Å²) in [5.41, 5.74) is 2.68. The van der Waals surface area contributed by atoms with Gasteiger partial charge < -0.3 is 19.0 Å². The monoisotopic (exact) mass is 475 g/mol. The Morgan fingerprint density at radius 3 is 2.23 bits per heavy atom. The molecule has 1 amide bonds. The number of hydrogen-bond acceptors (Lipinski definition) is 6. The maximum atomic E-state index is 13.4. The first-order valence-corrected chi connectivity index (χ1v) is 11.6. The van der Waals surface area contributed by atoms with Gasteiger partial charge in [-0.25, -0.2) is 0 Å². The molecule has 0 radical (unpaired) electrons. The number of aliphatic hydroxyl groups is 1. The van der Waals surface area contributed by atoms with Gasteiger partial charge in [-0.2, -0.15) is 0 Å². The molecule has 1 aliphatic rings. The summed E-state index contributed by atoms with van der Waals surface area (Å²) in [6.07, 6.45) is 0. The van der Waals surface area contributed by atoms with Crippen molar-refractivity contribution in [1.29, 1.82) is 0 Å². The zero-order valence-electron chi connectivity index (χ0n) is 20.5. The number of hydrogen-bond donors (Lipinski definition) is 1. The summed E-state index contributed by atoms with van der Waals surface area (Å²) in [6.45, 7) is 10.1. The van der Waals surface area contributed by atoms with Crippen molar-refractivity contribution in [2.24, 2.45) is 0 Å². The van der Waals surface area contributed by atoms with E-state index in [0.29, 0.717) is 47.5 Å². The maximum Gasteiger partial charge on any atom is 0.300 e. The third-order valence-corrected chi connectivity index (χ3v) is 5.78. The van der Waals surface area contributed by atoms with E-state index in [2.05, 4.69) is 0 Å². The molecule has 7 nitrogen and oxygen atoms in total. The Kier molecular flexibility index (Phi) is 6.69. The van der Waals surface area contributed by atoms with E-state index in [1.807, 2.05) is 45.9 Å². The highest BCUT2D eigenvalue weighted by Gasteiger charge is 2.48. The van der Waals surface area contributed by atoms with Crippen molar-refractivity contribution in [3.63, 3.8) is 0 Å². The number of amides is 1. The molecule has 0 spiro atoms. The molecule has 1 saturated heterocycles. The van der Waals surface area contributed by atoms with Gasteiger partial charge in [-0.1, -0.05) is 6.07 Å². The molecular formula is C28H29NO6. The summed E-state index contributed by atoms with van der Waals surface area (Å²) in [5, 5.41) is 11.5. The molecule has 35 heavy (non-hydrogen) atoms. The zero-order chi connectivity index (χ0) is 25.3. The number of anilines is 1. The Morgan fingerprint density at radius 2 is 1.63 bits per heavy atom. The standard InChI is InChI=1S/C28H29NO6/c1-6-33-20-9-10-21(23(15-20)34-7-2)26(30)24-25(22-11-8-18(5)35-22)29(28(32)27(24)31)19-13-16(3)12-17(4)14-19/h8-15,25,30H,6-7H2,1-5H3/b26-24-. The molecule has 1 aliphatic heterocycles. The smallest absolute Gasteiger partial charge is 0.300 e. The van der Waals surface area contributed by atoms with E-state index in [1.165, 1.54) is 4.90 Å². The van der Waals surface area contributed by atoms with Crippen molar-refractivity contribution >= 4 is 23.1 Å². The van der Waals surface area contributed by atoms with Crippen molar-refractivity contribution in [2.45, 2.75) is 40.7 Å². The average Bonchev–Trinajstić information content (AvgIpc) is 3.34. The van der Waals surface area contributed by atoms with Crippen molar-refractivity contribution < 1.29 is 28.6 Å². The number of carbonyl (C=O) groups is 2. The predicted octanol–water partition coefficient (Wildman–Crippen LogP) is 5.63. The first-order chi connectivity index (χ1) is 16.7. The molecule has 2 aromatic carbocycles. The highest BCUT2D eigenvalue weighted by molar-refractivity contribution is 6.51. The number of Topliss-reactive ketones (excluding diaryl/α,β-unsaturated/α-hetero) is 1. The van der Waals surface area contributed by atoms with Crippen LogP contribution in [0.4, 0.5) is 5.69 Å². The highest BCUT2D eigenvalue weighted by Crippen LogP contribution is 2.44. The molecule has 1 atom stereocenters. The Morgan fingerprint density at radius 1 is 0.943 bits per heavy atom. The van der Waals surface area contributed by atoms with Crippen LogP contribution < -0.4 is 14.4 Å². The van der Waals surface area contributed by atoms with Crippen LogP contribution in [0.2, 0.25) is 0 Å². The molecule has 0 bridgehead atoms. The van der Waals surface area contributed by atoms with E-state index in [1.54, 1.807) is 37.3 Å². The normalized spacial score (nSPS) is 17.2. The van der Waals surface area contributed by atoms with Gasteiger partial charge in [0.2, 0.25) is 0 Å². The lowest BCUT2D eigenvalue weighted by molar-refractivity contribution is -0.132. The van der Waals surface area contributed by atoms with Gasteiger partial charge in [0, 0.05) is 11.8 Å². The maximum absolute atomic E-state index is 13.4. The van der Waals surface area contributed by atoms with Crippen LogP contribution in [0.15, 0.2) is 58.5 Å². The van der Waals surface area contributed by atoms with E-state index in [0.717, 1.165) is 11.1 Å². The third kappa shape index (κ3) is 4.54. The first-order valence-electron chi connectivity index (χ1n) is 11.6. The molecule has 7 heteroatoms. The molecule has 1 unspecified atom stereocenters. The minimum atomic E-state index is -0.939. The molecule has 0 aliphatic carbocycles. The van der Waals surface area contributed by atoms with Gasteiger partial charge >= 0.3 is 0 Å². The summed E-state index contributed by atoms with van der Waals surface area (Å²) in [4.78, 5) is 28.1. The number of nitrogens with zero attached hydrogens (tertiary/aromatic N) is 1. The second kappa shape index (κ2) is 9.70. The molecule has 2 heterocycles. The van der Waals surface area contributed by atoms with E-state index < -0.39 is 17.7 Å². The number of ether oxygens (including phenoxy) is 2. The summed E-state index contributed by atoms with van der Waals surface area (Å²) >= 11 is 0. The Balaban J connectivity index is 1.94. The number of ketones is 1.